The number of hydrogen-bond donors (Lipinski definition) is 3. The van der Waals surface area contributed by atoms with Gasteiger partial charge in [-0.1, -0.05) is 18.2 Å². The van der Waals surface area contributed by atoms with Crippen LogP contribution in [-0.4, -0.2) is 28.9 Å². The number of carboxylic acid groups (broad SMARTS) is 1. The van der Waals surface area contributed by atoms with Gasteiger partial charge in [-0.3, -0.25) is 14.4 Å². The molecular weight excluding hydrogens is 279 g/mol. The van der Waals surface area contributed by atoms with Crippen LogP contribution in [0.2, 0.25) is 0 Å². The highest BCUT2D eigenvalue weighted by Crippen LogP contribution is 2.05. The van der Waals surface area contributed by atoms with Crippen LogP contribution in [0.25, 0.3) is 0 Å². The summed E-state index contributed by atoms with van der Waals surface area (Å²) in [6.07, 6.45) is -0.490. The third-order valence-corrected chi connectivity index (χ3v) is 2.75. The van der Waals surface area contributed by atoms with E-state index in [1.807, 2.05) is 0 Å². The molecule has 0 radical (unpaired) electrons. The van der Waals surface area contributed by atoms with Gasteiger partial charge in [-0.2, -0.15) is 0 Å². The maximum absolute atomic E-state index is 13.4. The summed E-state index contributed by atoms with van der Waals surface area (Å²) in [4.78, 5) is 33.4. The summed E-state index contributed by atoms with van der Waals surface area (Å²) in [5.74, 6) is -2.49. The summed E-state index contributed by atoms with van der Waals surface area (Å²) in [5.41, 5.74) is 0.343. The first kappa shape index (κ1) is 16.6. The molecule has 0 aliphatic rings. The van der Waals surface area contributed by atoms with E-state index in [1.54, 1.807) is 18.2 Å². The first-order chi connectivity index (χ1) is 9.90. The Balaban J connectivity index is 2.39. The van der Waals surface area contributed by atoms with Gasteiger partial charge in [0.1, 0.15) is 11.9 Å². The molecular formula is C14H17FN2O4. The van der Waals surface area contributed by atoms with E-state index < -0.39 is 29.6 Å². The molecule has 0 unspecified atom stereocenters. The number of benzene rings is 1. The van der Waals surface area contributed by atoms with E-state index in [0.717, 1.165) is 0 Å². The minimum Gasteiger partial charge on any atom is -0.481 e. The Kier molecular flexibility index (Phi) is 6.32. The molecule has 1 aromatic carbocycles. The quantitative estimate of drug-likeness (QED) is 0.694. The van der Waals surface area contributed by atoms with Gasteiger partial charge >= 0.3 is 5.97 Å². The number of aliphatic carboxylic acids is 1. The Bertz CT molecular complexity index is 533. The molecule has 2 amide bonds. The number of hydrogen-bond acceptors (Lipinski definition) is 3. The van der Waals surface area contributed by atoms with Crippen molar-refractivity contribution in [2.24, 2.45) is 0 Å². The van der Waals surface area contributed by atoms with Crippen LogP contribution in [0.1, 0.15) is 25.3 Å². The lowest BCUT2D eigenvalue weighted by atomic mass is 10.2. The fourth-order valence-electron chi connectivity index (χ4n) is 1.58. The summed E-state index contributed by atoms with van der Waals surface area (Å²) in [6.45, 7) is 1.48. The zero-order valence-corrected chi connectivity index (χ0v) is 11.6. The van der Waals surface area contributed by atoms with Crippen molar-refractivity contribution in [2.75, 3.05) is 0 Å². The average Bonchev–Trinajstić information content (AvgIpc) is 2.43. The normalized spacial score (nSPS) is 11.5. The van der Waals surface area contributed by atoms with Crippen LogP contribution in [0.4, 0.5) is 4.39 Å². The van der Waals surface area contributed by atoms with Crippen LogP contribution in [-0.2, 0) is 20.9 Å². The summed E-state index contributed by atoms with van der Waals surface area (Å²) in [6, 6.07) is 5.22. The van der Waals surface area contributed by atoms with Crippen molar-refractivity contribution in [3.05, 3.63) is 35.6 Å². The summed E-state index contributed by atoms with van der Waals surface area (Å²) < 4.78 is 13.4. The van der Waals surface area contributed by atoms with Crippen LogP contribution in [0.3, 0.4) is 0 Å². The van der Waals surface area contributed by atoms with Gasteiger partial charge in [-0.05, 0) is 13.0 Å². The topological polar surface area (TPSA) is 95.5 Å². The molecule has 0 fully saturated rings. The number of carbonyl (C=O) groups excluding carboxylic acids is 2. The van der Waals surface area contributed by atoms with Crippen LogP contribution < -0.4 is 10.6 Å². The van der Waals surface area contributed by atoms with Gasteiger partial charge in [0.05, 0.1) is 6.42 Å². The molecule has 0 heterocycles. The zero-order chi connectivity index (χ0) is 15.8. The first-order valence-electron chi connectivity index (χ1n) is 6.42. The number of carbonyl (C=O) groups is 3. The van der Waals surface area contributed by atoms with Crippen LogP contribution >= 0.6 is 0 Å². The van der Waals surface area contributed by atoms with E-state index in [2.05, 4.69) is 10.6 Å². The highest BCUT2D eigenvalue weighted by molar-refractivity contribution is 5.88. The molecule has 6 nitrogen and oxygen atoms in total. The molecule has 21 heavy (non-hydrogen) atoms. The van der Waals surface area contributed by atoms with Crippen molar-refractivity contribution < 1.29 is 23.9 Å². The van der Waals surface area contributed by atoms with E-state index >= 15 is 0 Å². The van der Waals surface area contributed by atoms with E-state index in [9.17, 15) is 18.8 Å². The fraction of sp³-hybridized carbons (Fsp3) is 0.357. The molecule has 3 N–H and O–H groups in total. The van der Waals surface area contributed by atoms with E-state index in [0.29, 0.717) is 5.56 Å². The molecule has 0 aromatic heterocycles. The fourth-order valence-corrected chi connectivity index (χ4v) is 1.58. The minimum absolute atomic E-state index is 0.0147. The standard InChI is InChI=1S/C14H17FN2O4/c1-9(17-12(18)6-7-13(19)20)14(21)16-8-10-4-2-3-5-11(10)15/h2-5,9H,6-8H2,1H3,(H,16,21)(H,17,18)(H,19,20)/t9-/m0/s1. The van der Waals surface area contributed by atoms with Crippen molar-refractivity contribution in [3.63, 3.8) is 0 Å². The van der Waals surface area contributed by atoms with Crippen LogP contribution in [0.15, 0.2) is 24.3 Å². The minimum atomic E-state index is -1.08. The SMILES string of the molecule is C[C@H](NC(=O)CCC(=O)O)C(=O)NCc1ccccc1F. The van der Waals surface area contributed by atoms with Gasteiger partial charge in [0.2, 0.25) is 11.8 Å². The van der Waals surface area contributed by atoms with Crippen LogP contribution in [0.5, 0.6) is 0 Å². The third kappa shape index (κ3) is 6.03. The predicted molar refractivity (Wildman–Crippen MR) is 72.7 cm³/mol. The maximum atomic E-state index is 13.4. The molecule has 0 saturated carbocycles. The van der Waals surface area contributed by atoms with Gasteiger partial charge in [0, 0.05) is 18.5 Å². The molecule has 7 heteroatoms. The lowest BCUT2D eigenvalue weighted by Gasteiger charge is -2.14. The number of nitrogens with one attached hydrogen (secondary N) is 2. The summed E-state index contributed by atoms with van der Waals surface area (Å²) in [7, 11) is 0. The molecule has 1 aromatic rings. The van der Waals surface area contributed by atoms with Gasteiger partial charge in [-0.15, -0.1) is 0 Å². The second kappa shape index (κ2) is 7.98. The monoisotopic (exact) mass is 296 g/mol. The first-order valence-corrected chi connectivity index (χ1v) is 6.42. The van der Waals surface area contributed by atoms with Crippen molar-refractivity contribution in [1.82, 2.24) is 10.6 Å². The largest absolute Gasteiger partial charge is 0.481 e. The second-order valence-corrected chi connectivity index (χ2v) is 4.49. The highest BCUT2D eigenvalue weighted by Gasteiger charge is 2.16. The number of carboxylic acids is 1. The van der Waals surface area contributed by atoms with Crippen molar-refractivity contribution in [3.8, 4) is 0 Å². The lowest BCUT2D eigenvalue weighted by molar-refractivity contribution is -0.139. The number of amides is 2. The molecule has 0 aliphatic heterocycles. The van der Waals surface area contributed by atoms with Gasteiger partial charge in [0.25, 0.3) is 0 Å². The van der Waals surface area contributed by atoms with Crippen LogP contribution in [0, 0.1) is 5.82 Å². The molecule has 0 spiro atoms. The van der Waals surface area contributed by atoms with Gasteiger partial charge < -0.3 is 15.7 Å². The predicted octanol–water partition coefficient (Wildman–Crippen LogP) is 0.811. The molecule has 0 bridgehead atoms. The van der Waals surface area contributed by atoms with Crippen molar-refractivity contribution in [1.29, 1.82) is 0 Å². The third-order valence-electron chi connectivity index (χ3n) is 2.75. The number of rotatable bonds is 7. The summed E-state index contributed by atoms with van der Waals surface area (Å²) in [5, 5.41) is 13.3. The highest BCUT2D eigenvalue weighted by atomic mass is 19.1. The average molecular weight is 296 g/mol. The lowest BCUT2D eigenvalue weighted by Crippen LogP contribution is -2.44. The van der Waals surface area contributed by atoms with E-state index in [4.69, 9.17) is 5.11 Å². The van der Waals surface area contributed by atoms with E-state index in [1.165, 1.54) is 13.0 Å². The Morgan fingerprint density at radius 1 is 1.24 bits per heavy atom. The van der Waals surface area contributed by atoms with Crippen molar-refractivity contribution >= 4 is 17.8 Å². The number of halogens is 1. The Hall–Kier alpha value is -2.44. The second-order valence-electron chi connectivity index (χ2n) is 4.49. The maximum Gasteiger partial charge on any atom is 0.303 e. The molecule has 0 saturated heterocycles. The molecule has 0 aliphatic carbocycles. The van der Waals surface area contributed by atoms with Gasteiger partial charge in [-0.25, -0.2) is 4.39 Å². The zero-order valence-electron chi connectivity index (χ0n) is 11.6. The Labute approximate surface area is 121 Å². The summed E-state index contributed by atoms with van der Waals surface area (Å²) >= 11 is 0. The molecule has 114 valence electrons. The smallest absolute Gasteiger partial charge is 0.303 e. The van der Waals surface area contributed by atoms with Gasteiger partial charge in [0.15, 0.2) is 0 Å². The molecule has 1 rings (SSSR count). The Morgan fingerprint density at radius 3 is 2.52 bits per heavy atom. The van der Waals surface area contributed by atoms with Crippen molar-refractivity contribution in [2.45, 2.75) is 32.4 Å². The Morgan fingerprint density at radius 2 is 1.90 bits per heavy atom. The molecule has 1 atom stereocenters. The van der Waals surface area contributed by atoms with E-state index in [-0.39, 0.29) is 19.4 Å².